The smallest absolute Gasteiger partial charge is 0.407 e. The number of Topliss-reactive ketones (excluding diaryl/α,β-unsaturated/α-hetero) is 1. The monoisotopic (exact) mass is 453 g/mol. The molecule has 7 heteroatoms. The molecule has 0 unspecified atom stereocenters. The van der Waals surface area contributed by atoms with Crippen LogP contribution in [0.15, 0.2) is 42.6 Å². The van der Waals surface area contributed by atoms with E-state index in [4.69, 9.17) is 4.74 Å². The van der Waals surface area contributed by atoms with E-state index in [9.17, 15) is 9.59 Å². The number of benzene rings is 1. The van der Waals surface area contributed by atoms with E-state index >= 15 is 0 Å². The number of hydrogen-bond acceptors (Lipinski definition) is 5. The Kier molecular flexibility index (Phi) is 7.19. The fourth-order valence-corrected chi connectivity index (χ4v) is 4.64. The molecule has 2 heterocycles. The molecular formula is C25H31N3O3S. The molecule has 0 fully saturated rings. The highest BCUT2D eigenvalue weighted by molar-refractivity contribution is 7.14. The average Bonchev–Trinajstić information content (AvgIpc) is 3.25. The third-order valence-corrected chi connectivity index (χ3v) is 6.26. The van der Waals surface area contributed by atoms with E-state index in [-0.39, 0.29) is 11.7 Å². The number of ether oxygens (including phenoxy) is 1. The van der Waals surface area contributed by atoms with Crippen molar-refractivity contribution in [3.8, 4) is 11.3 Å². The molecular weight excluding hydrogens is 422 g/mol. The predicted octanol–water partition coefficient (Wildman–Crippen LogP) is 5.65. The Balaban J connectivity index is 1.78. The lowest BCUT2D eigenvalue weighted by atomic mass is 9.93. The van der Waals surface area contributed by atoms with Gasteiger partial charge in [-0.2, -0.15) is 5.10 Å². The average molecular weight is 454 g/mol. The molecule has 1 aromatic carbocycles. The van der Waals surface area contributed by atoms with Gasteiger partial charge in [0, 0.05) is 36.4 Å². The van der Waals surface area contributed by atoms with Gasteiger partial charge in [-0.05, 0) is 51.8 Å². The molecule has 0 saturated heterocycles. The van der Waals surface area contributed by atoms with Gasteiger partial charge in [-0.15, -0.1) is 11.3 Å². The number of aryl methyl sites for hydroxylation is 3. The van der Waals surface area contributed by atoms with Gasteiger partial charge < -0.3 is 10.1 Å². The highest BCUT2D eigenvalue weighted by atomic mass is 32.1. The van der Waals surface area contributed by atoms with Gasteiger partial charge in [-0.25, -0.2) is 4.79 Å². The first-order valence-corrected chi connectivity index (χ1v) is 11.5. The summed E-state index contributed by atoms with van der Waals surface area (Å²) in [5.41, 5.74) is 3.59. The molecule has 0 spiro atoms. The second kappa shape index (κ2) is 9.69. The number of alkyl carbamates (subject to hydrolysis) is 1. The van der Waals surface area contributed by atoms with Gasteiger partial charge in [0.15, 0.2) is 5.78 Å². The third kappa shape index (κ3) is 5.85. The Morgan fingerprint density at radius 3 is 2.47 bits per heavy atom. The van der Waals surface area contributed by atoms with Crippen LogP contribution in [0.1, 0.15) is 58.8 Å². The summed E-state index contributed by atoms with van der Waals surface area (Å²) in [6, 6.07) is 11.8. The molecule has 1 N–H and O–H groups in total. The van der Waals surface area contributed by atoms with E-state index in [0.717, 1.165) is 32.1 Å². The Morgan fingerprint density at radius 2 is 1.88 bits per heavy atom. The van der Waals surface area contributed by atoms with Crippen molar-refractivity contribution in [3.63, 3.8) is 0 Å². The molecule has 1 atom stereocenters. The number of carbonyl (C=O) groups excluding carboxylic acids is 2. The van der Waals surface area contributed by atoms with Crippen LogP contribution in [0, 0.1) is 13.8 Å². The summed E-state index contributed by atoms with van der Waals surface area (Å²) in [4.78, 5) is 27.2. The Labute approximate surface area is 193 Å². The SMILES string of the molecule is Cc1cnn(C)c1-c1cc(C(=O)C[C@H](CNC(=O)OC(C)(C)C)c2ccccc2)sc1C. The summed E-state index contributed by atoms with van der Waals surface area (Å²) in [6.45, 7) is 9.85. The van der Waals surface area contributed by atoms with Gasteiger partial charge >= 0.3 is 6.09 Å². The molecule has 6 nitrogen and oxygen atoms in total. The topological polar surface area (TPSA) is 73.2 Å². The lowest BCUT2D eigenvalue weighted by Gasteiger charge is -2.22. The summed E-state index contributed by atoms with van der Waals surface area (Å²) >= 11 is 1.50. The molecule has 0 aliphatic rings. The van der Waals surface area contributed by atoms with Crippen molar-refractivity contribution >= 4 is 23.2 Å². The van der Waals surface area contributed by atoms with Gasteiger partial charge in [0.05, 0.1) is 16.8 Å². The fourth-order valence-electron chi connectivity index (χ4n) is 3.67. The standard InChI is InChI=1S/C25H31N3O3S/c1-16-14-27-28(6)23(16)20-13-22(32-17(20)2)21(29)12-19(18-10-8-7-9-11-18)15-26-24(30)31-25(3,4)5/h7-11,13-14,19H,12,15H2,1-6H3,(H,26,30)/t19-/m1/s1. The van der Waals surface area contributed by atoms with Crippen LogP contribution in [-0.4, -0.2) is 33.8 Å². The maximum absolute atomic E-state index is 13.3. The van der Waals surface area contributed by atoms with E-state index in [0.29, 0.717) is 13.0 Å². The molecule has 1 amide bonds. The van der Waals surface area contributed by atoms with Crippen molar-refractivity contribution in [1.29, 1.82) is 0 Å². The molecule has 3 rings (SSSR count). The Bertz CT molecular complexity index is 1070. The number of rotatable bonds is 7. The highest BCUT2D eigenvalue weighted by Gasteiger charge is 2.23. The fraction of sp³-hybridized carbons (Fsp3) is 0.400. The van der Waals surface area contributed by atoms with E-state index in [1.165, 1.54) is 11.3 Å². The van der Waals surface area contributed by atoms with Gasteiger partial charge in [-0.3, -0.25) is 9.48 Å². The Morgan fingerprint density at radius 1 is 1.19 bits per heavy atom. The second-order valence-corrected chi connectivity index (χ2v) is 10.3. The minimum atomic E-state index is -0.572. The second-order valence-electron chi connectivity index (χ2n) is 9.00. The third-order valence-electron chi connectivity index (χ3n) is 5.16. The lowest BCUT2D eigenvalue weighted by molar-refractivity contribution is 0.0522. The maximum Gasteiger partial charge on any atom is 0.407 e. The molecule has 0 aliphatic carbocycles. The summed E-state index contributed by atoms with van der Waals surface area (Å²) in [5.74, 6) is -0.0930. The number of nitrogens with one attached hydrogen (secondary N) is 1. The van der Waals surface area contributed by atoms with Crippen molar-refractivity contribution in [2.45, 2.75) is 52.6 Å². The molecule has 0 bridgehead atoms. The van der Waals surface area contributed by atoms with Gasteiger partial charge in [0.1, 0.15) is 5.60 Å². The summed E-state index contributed by atoms with van der Waals surface area (Å²) in [6.07, 6.45) is 1.65. The largest absolute Gasteiger partial charge is 0.444 e. The summed E-state index contributed by atoms with van der Waals surface area (Å²) in [7, 11) is 1.91. The number of carbonyl (C=O) groups is 2. The molecule has 0 saturated carbocycles. The maximum atomic E-state index is 13.3. The number of ketones is 1. The molecule has 0 aliphatic heterocycles. The number of thiophene rings is 1. The molecule has 2 aromatic heterocycles. The van der Waals surface area contributed by atoms with Crippen molar-refractivity contribution in [3.05, 3.63) is 63.5 Å². The zero-order chi connectivity index (χ0) is 23.5. The number of aromatic nitrogens is 2. The van der Waals surface area contributed by atoms with Crippen molar-refractivity contribution in [1.82, 2.24) is 15.1 Å². The van der Waals surface area contributed by atoms with Gasteiger partial charge in [0.2, 0.25) is 0 Å². The zero-order valence-corrected chi connectivity index (χ0v) is 20.4. The number of nitrogens with zero attached hydrogens (tertiary/aromatic N) is 2. The van der Waals surface area contributed by atoms with E-state index < -0.39 is 11.7 Å². The minimum Gasteiger partial charge on any atom is -0.444 e. The zero-order valence-electron chi connectivity index (χ0n) is 19.6. The van der Waals surface area contributed by atoms with Crippen LogP contribution >= 0.6 is 11.3 Å². The Hall–Kier alpha value is -2.93. The molecule has 170 valence electrons. The van der Waals surface area contributed by atoms with Gasteiger partial charge in [-0.1, -0.05) is 30.3 Å². The van der Waals surface area contributed by atoms with Crippen LogP contribution in [-0.2, 0) is 11.8 Å². The molecule has 32 heavy (non-hydrogen) atoms. The van der Waals surface area contributed by atoms with Crippen molar-refractivity contribution in [2.24, 2.45) is 7.05 Å². The molecule has 0 radical (unpaired) electrons. The van der Waals surface area contributed by atoms with Crippen LogP contribution < -0.4 is 5.32 Å². The van der Waals surface area contributed by atoms with Crippen LogP contribution in [0.3, 0.4) is 0 Å². The van der Waals surface area contributed by atoms with Gasteiger partial charge in [0.25, 0.3) is 0 Å². The van der Waals surface area contributed by atoms with Crippen molar-refractivity contribution in [2.75, 3.05) is 6.54 Å². The first kappa shape index (κ1) is 23.7. The van der Waals surface area contributed by atoms with Crippen LogP contribution in [0.5, 0.6) is 0 Å². The minimum absolute atomic E-state index is 0.0593. The summed E-state index contributed by atoms with van der Waals surface area (Å²) in [5, 5.41) is 7.15. The highest BCUT2D eigenvalue weighted by Crippen LogP contribution is 2.34. The van der Waals surface area contributed by atoms with Crippen LogP contribution in [0.4, 0.5) is 4.79 Å². The van der Waals surface area contributed by atoms with Crippen molar-refractivity contribution < 1.29 is 14.3 Å². The number of hydrogen-bond donors (Lipinski definition) is 1. The van der Waals surface area contributed by atoms with Crippen LogP contribution in [0.25, 0.3) is 11.3 Å². The lowest BCUT2D eigenvalue weighted by Crippen LogP contribution is -2.35. The predicted molar refractivity (Wildman–Crippen MR) is 128 cm³/mol. The first-order valence-electron chi connectivity index (χ1n) is 10.7. The van der Waals surface area contributed by atoms with Crippen LogP contribution in [0.2, 0.25) is 0 Å². The summed E-state index contributed by atoms with van der Waals surface area (Å²) < 4.78 is 7.20. The van der Waals surface area contributed by atoms with E-state index in [1.54, 1.807) is 0 Å². The van der Waals surface area contributed by atoms with E-state index in [2.05, 4.69) is 10.4 Å². The first-order chi connectivity index (χ1) is 15.0. The normalized spacial score (nSPS) is 12.4. The molecule has 3 aromatic rings. The number of amides is 1. The van der Waals surface area contributed by atoms with E-state index in [1.807, 2.05) is 88.9 Å². The quantitative estimate of drug-likeness (QED) is 0.469.